The van der Waals surface area contributed by atoms with Crippen LogP contribution in [0.4, 0.5) is 5.69 Å². The molecule has 0 radical (unpaired) electrons. The summed E-state index contributed by atoms with van der Waals surface area (Å²) >= 11 is 0. The number of ether oxygens (including phenoxy) is 1. The lowest BCUT2D eigenvalue weighted by Gasteiger charge is -2.27. The molecule has 0 spiro atoms. The molecule has 2 aromatic carbocycles. The highest BCUT2D eigenvalue weighted by Crippen LogP contribution is 2.32. The van der Waals surface area contributed by atoms with E-state index in [1.165, 1.54) is 11.1 Å². The number of carbonyl (C=O) groups excluding carboxylic acids is 1. The number of nitrogen functional groups attached to an aromatic ring is 1. The Bertz CT molecular complexity index is 757. The first-order valence-corrected chi connectivity index (χ1v) is 8.89. The van der Waals surface area contributed by atoms with Crippen LogP contribution >= 0.6 is 0 Å². The first-order chi connectivity index (χ1) is 12.1. The Balaban J connectivity index is 1.67. The molecule has 0 aliphatic heterocycles. The molecule has 0 saturated heterocycles. The minimum atomic E-state index is 0.0769. The molecular formula is C21H26N2O2. The molecule has 0 heterocycles. The second-order valence-corrected chi connectivity index (χ2v) is 6.82. The van der Waals surface area contributed by atoms with Gasteiger partial charge in [-0.15, -0.1) is 0 Å². The molecule has 0 saturated carbocycles. The lowest BCUT2D eigenvalue weighted by molar-refractivity contribution is -0.122. The fourth-order valence-electron chi connectivity index (χ4n) is 3.70. The van der Waals surface area contributed by atoms with Crippen molar-refractivity contribution >= 4 is 11.6 Å². The summed E-state index contributed by atoms with van der Waals surface area (Å²) in [5.41, 5.74) is 10.2. The lowest BCUT2D eigenvalue weighted by atomic mass is 9.87. The third kappa shape index (κ3) is 3.95. The summed E-state index contributed by atoms with van der Waals surface area (Å²) in [6.45, 7) is 2.06. The third-order valence-electron chi connectivity index (χ3n) is 4.98. The van der Waals surface area contributed by atoms with Gasteiger partial charge in [-0.05, 0) is 60.1 Å². The van der Waals surface area contributed by atoms with Crippen molar-refractivity contribution in [3.63, 3.8) is 0 Å². The number of hydrogen-bond acceptors (Lipinski definition) is 3. The van der Waals surface area contributed by atoms with Gasteiger partial charge in [0, 0.05) is 12.1 Å². The predicted molar refractivity (Wildman–Crippen MR) is 101 cm³/mol. The summed E-state index contributed by atoms with van der Waals surface area (Å²) < 4.78 is 5.41. The van der Waals surface area contributed by atoms with Crippen molar-refractivity contribution in [2.24, 2.45) is 0 Å². The molecule has 4 heteroatoms. The molecule has 1 amide bonds. The van der Waals surface area contributed by atoms with E-state index in [-0.39, 0.29) is 17.9 Å². The number of hydrogen-bond donors (Lipinski definition) is 2. The van der Waals surface area contributed by atoms with Crippen molar-refractivity contribution < 1.29 is 9.53 Å². The topological polar surface area (TPSA) is 64.3 Å². The second kappa shape index (κ2) is 7.60. The Morgan fingerprint density at radius 1 is 1.32 bits per heavy atom. The van der Waals surface area contributed by atoms with Gasteiger partial charge in [-0.2, -0.15) is 0 Å². The molecule has 3 N–H and O–H groups in total. The van der Waals surface area contributed by atoms with Crippen LogP contribution < -0.4 is 15.8 Å². The third-order valence-corrected chi connectivity index (χ3v) is 4.98. The first-order valence-electron chi connectivity index (χ1n) is 8.89. The zero-order chi connectivity index (χ0) is 17.8. The Labute approximate surface area is 149 Å². The van der Waals surface area contributed by atoms with Crippen molar-refractivity contribution in [3.8, 4) is 5.75 Å². The van der Waals surface area contributed by atoms with Crippen LogP contribution in [0.1, 0.15) is 54.8 Å². The standard InChI is InChI=1S/C21H26N2O2/c1-14(17-7-3-4-9-20(17)25-2)12-21(24)23-19-8-5-6-15-13-16(22)10-11-18(15)19/h3-4,7,9-11,13-14,19H,5-6,8,12,22H2,1-2H3,(H,23,24). The number of benzene rings is 2. The second-order valence-electron chi connectivity index (χ2n) is 6.82. The average molecular weight is 338 g/mol. The van der Waals surface area contributed by atoms with Gasteiger partial charge in [0.05, 0.1) is 13.2 Å². The zero-order valence-corrected chi connectivity index (χ0v) is 14.9. The molecule has 132 valence electrons. The molecule has 3 rings (SSSR count). The number of carbonyl (C=O) groups is 1. The fraction of sp³-hybridized carbons (Fsp3) is 0.381. The normalized spacial score (nSPS) is 17.4. The number of rotatable bonds is 5. The van der Waals surface area contributed by atoms with Gasteiger partial charge in [0.25, 0.3) is 0 Å². The Kier molecular flexibility index (Phi) is 5.27. The SMILES string of the molecule is COc1ccccc1C(C)CC(=O)NC1CCCc2cc(N)ccc21. The van der Waals surface area contributed by atoms with E-state index in [0.29, 0.717) is 6.42 Å². The summed E-state index contributed by atoms with van der Waals surface area (Å²) in [5, 5.41) is 3.21. The minimum Gasteiger partial charge on any atom is -0.496 e. The number of nitrogens with two attached hydrogens (primary N) is 1. The molecule has 4 nitrogen and oxygen atoms in total. The van der Waals surface area contributed by atoms with Crippen molar-refractivity contribution in [2.75, 3.05) is 12.8 Å². The lowest BCUT2D eigenvalue weighted by Crippen LogP contribution is -2.31. The Morgan fingerprint density at radius 3 is 2.92 bits per heavy atom. The number of methoxy groups -OCH3 is 1. The first kappa shape index (κ1) is 17.3. The van der Waals surface area contributed by atoms with Gasteiger partial charge in [-0.3, -0.25) is 4.79 Å². The summed E-state index contributed by atoms with van der Waals surface area (Å²) in [4.78, 5) is 12.6. The number of aryl methyl sites for hydroxylation is 1. The Hall–Kier alpha value is -2.49. The number of amides is 1. The highest BCUT2D eigenvalue weighted by Gasteiger charge is 2.23. The van der Waals surface area contributed by atoms with E-state index in [4.69, 9.17) is 10.5 Å². The highest BCUT2D eigenvalue weighted by molar-refractivity contribution is 5.77. The summed E-state index contributed by atoms with van der Waals surface area (Å²) in [5.74, 6) is 1.01. The van der Waals surface area contributed by atoms with Gasteiger partial charge in [-0.25, -0.2) is 0 Å². The fourth-order valence-corrected chi connectivity index (χ4v) is 3.70. The Morgan fingerprint density at radius 2 is 2.12 bits per heavy atom. The number of nitrogens with one attached hydrogen (secondary N) is 1. The number of fused-ring (bicyclic) bond motifs is 1. The van der Waals surface area contributed by atoms with Crippen LogP contribution in [0.2, 0.25) is 0 Å². The molecule has 1 aliphatic rings. The molecule has 0 aromatic heterocycles. The van der Waals surface area contributed by atoms with Crippen LogP contribution in [0.5, 0.6) is 5.75 Å². The number of anilines is 1. The van der Waals surface area contributed by atoms with E-state index in [2.05, 4.69) is 18.3 Å². The van der Waals surface area contributed by atoms with Crippen LogP contribution in [0.3, 0.4) is 0 Å². The maximum atomic E-state index is 12.6. The van der Waals surface area contributed by atoms with Crippen LogP contribution in [0.25, 0.3) is 0 Å². The zero-order valence-electron chi connectivity index (χ0n) is 14.9. The molecule has 2 unspecified atom stereocenters. The van der Waals surface area contributed by atoms with E-state index >= 15 is 0 Å². The maximum Gasteiger partial charge on any atom is 0.221 e. The quantitative estimate of drug-likeness (QED) is 0.811. The predicted octanol–water partition coefficient (Wildman–Crippen LogP) is 3.96. The van der Waals surface area contributed by atoms with E-state index < -0.39 is 0 Å². The molecule has 25 heavy (non-hydrogen) atoms. The van der Waals surface area contributed by atoms with E-state index in [1.807, 2.05) is 36.4 Å². The van der Waals surface area contributed by atoms with Crippen LogP contribution in [-0.2, 0) is 11.2 Å². The highest BCUT2D eigenvalue weighted by atomic mass is 16.5. The van der Waals surface area contributed by atoms with Crippen molar-refractivity contribution in [3.05, 3.63) is 59.2 Å². The maximum absolute atomic E-state index is 12.6. The van der Waals surface area contributed by atoms with Gasteiger partial charge in [0.2, 0.25) is 5.91 Å². The summed E-state index contributed by atoms with van der Waals surface area (Å²) in [6.07, 6.45) is 3.53. The van der Waals surface area contributed by atoms with Crippen molar-refractivity contribution in [1.82, 2.24) is 5.32 Å². The minimum absolute atomic E-state index is 0.0769. The van der Waals surface area contributed by atoms with Crippen molar-refractivity contribution in [1.29, 1.82) is 0 Å². The van der Waals surface area contributed by atoms with Crippen molar-refractivity contribution in [2.45, 2.75) is 44.6 Å². The molecule has 1 aliphatic carbocycles. The van der Waals surface area contributed by atoms with Crippen LogP contribution in [0, 0.1) is 0 Å². The van der Waals surface area contributed by atoms with Crippen LogP contribution in [0.15, 0.2) is 42.5 Å². The molecular weight excluding hydrogens is 312 g/mol. The van der Waals surface area contributed by atoms with Gasteiger partial charge in [0.1, 0.15) is 5.75 Å². The van der Waals surface area contributed by atoms with E-state index in [0.717, 1.165) is 36.3 Å². The largest absolute Gasteiger partial charge is 0.496 e. The van der Waals surface area contributed by atoms with E-state index in [9.17, 15) is 4.79 Å². The molecule has 0 bridgehead atoms. The molecule has 2 atom stereocenters. The summed E-state index contributed by atoms with van der Waals surface area (Å²) in [6, 6.07) is 14.0. The van der Waals surface area contributed by atoms with Gasteiger partial charge in [-0.1, -0.05) is 31.2 Å². The van der Waals surface area contributed by atoms with E-state index in [1.54, 1.807) is 7.11 Å². The monoisotopic (exact) mass is 338 g/mol. The average Bonchev–Trinajstić information content (AvgIpc) is 2.61. The van der Waals surface area contributed by atoms with Crippen LogP contribution in [-0.4, -0.2) is 13.0 Å². The summed E-state index contributed by atoms with van der Waals surface area (Å²) in [7, 11) is 1.66. The smallest absolute Gasteiger partial charge is 0.221 e. The van der Waals surface area contributed by atoms with Gasteiger partial charge in [0.15, 0.2) is 0 Å². The molecule has 2 aromatic rings. The number of para-hydroxylation sites is 1. The molecule has 0 fully saturated rings. The van der Waals surface area contributed by atoms with Gasteiger partial charge >= 0.3 is 0 Å². The van der Waals surface area contributed by atoms with Gasteiger partial charge < -0.3 is 15.8 Å².